The fourth-order valence-electron chi connectivity index (χ4n) is 4.43. The second-order valence-corrected chi connectivity index (χ2v) is 11.9. The first-order valence-electron chi connectivity index (χ1n) is 9.79. The zero-order chi connectivity index (χ0) is 17.8. The lowest BCUT2D eigenvalue weighted by Gasteiger charge is -2.49. The third kappa shape index (κ3) is 6.84. The molecule has 2 heteroatoms. The fraction of sp³-hybridized carbons (Fsp3) is 1.00. The molecule has 0 aromatic rings. The average molecular weight is 436 g/mol. The fourth-order valence-corrected chi connectivity index (χ4v) is 5.49. The van der Waals surface area contributed by atoms with Crippen molar-refractivity contribution < 1.29 is 5.11 Å². The Balaban J connectivity index is 2.69. The lowest BCUT2D eigenvalue weighted by atomic mass is 9.58. The van der Waals surface area contributed by atoms with Crippen molar-refractivity contribution in [1.82, 2.24) is 0 Å². The minimum atomic E-state index is -0.135. The van der Waals surface area contributed by atoms with Crippen LogP contribution in [0.1, 0.15) is 93.4 Å². The van der Waals surface area contributed by atoms with E-state index in [0.29, 0.717) is 11.8 Å². The number of alkyl halides is 1. The maximum Gasteiger partial charge on any atom is 0.0606 e. The van der Waals surface area contributed by atoms with Crippen molar-refractivity contribution in [3.8, 4) is 0 Å². The molecule has 0 aromatic carbocycles. The standard InChI is InChI=1S/C21H41IO/c1-8-10-16(22)12-9-11-15-13-17(20(2,3)4)19(23)18(14-15)21(5,6)7/h15-19,23H,8-14H2,1-7H3. The second kappa shape index (κ2) is 8.87. The highest BCUT2D eigenvalue weighted by Gasteiger charge is 2.45. The van der Waals surface area contributed by atoms with Gasteiger partial charge in [-0.1, -0.05) is 90.3 Å². The summed E-state index contributed by atoms with van der Waals surface area (Å²) in [5.41, 5.74) is 0.408. The van der Waals surface area contributed by atoms with Gasteiger partial charge >= 0.3 is 0 Å². The SMILES string of the molecule is CCCC(I)CCCC1CC(C(C)(C)C)C(O)C(C(C)(C)C)C1. The summed E-state index contributed by atoms with van der Waals surface area (Å²) in [4.78, 5) is 0. The van der Waals surface area contributed by atoms with Crippen molar-refractivity contribution in [2.45, 2.75) is 103 Å². The highest BCUT2D eigenvalue weighted by molar-refractivity contribution is 14.1. The summed E-state index contributed by atoms with van der Waals surface area (Å²) >= 11 is 2.63. The van der Waals surface area contributed by atoms with Crippen LogP contribution >= 0.6 is 22.6 Å². The number of rotatable bonds is 6. The number of aliphatic hydroxyl groups is 1. The molecule has 0 bridgehead atoms. The molecule has 0 heterocycles. The van der Waals surface area contributed by atoms with Crippen molar-refractivity contribution in [2.24, 2.45) is 28.6 Å². The molecule has 1 aliphatic rings. The van der Waals surface area contributed by atoms with Gasteiger partial charge in [0.2, 0.25) is 0 Å². The maximum atomic E-state index is 11.0. The van der Waals surface area contributed by atoms with Gasteiger partial charge in [0.25, 0.3) is 0 Å². The van der Waals surface area contributed by atoms with E-state index >= 15 is 0 Å². The zero-order valence-corrected chi connectivity index (χ0v) is 18.8. The van der Waals surface area contributed by atoms with Crippen LogP contribution in [-0.4, -0.2) is 15.1 Å². The molecule has 138 valence electrons. The summed E-state index contributed by atoms with van der Waals surface area (Å²) in [6.07, 6.45) is 9.06. The van der Waals surface area contributed by atoms with E-state index in [1.54, 1.807) is 0 Å². The Labute approximate surface area is 159 Å². The predicted octanol–water partition coefficient (Wildman–Crippen LogP) is 6.86. The minimum Gasteiger partial charge on any atom is -0.393 e. The van der Waals surface area contributed by atoms with Crippen LogP contribution in [0.4, 0.5) is 0 Å². The van der Waals surface area contributed by atoms with Gasteiger partial charge in [-0.05, 0) is 54.3 Å². The highest BCUT2D eigenvalue weighted by atomic mass is 127. The molecule has 3 unspecified atom stereocenters. The summed E-state index contributed by atoms with van der Waals surface area (Å²) in [5, 5.41) is 11.0. The van der Waals surface area contributed by atoms with Crippen molar-refractivity contribution in [1.29, 1.82) is 0 Å². The Bertz CT molecular complexity index is 315. The topological polar surface area (TPSA) is 20.2 Å². The van der Waals surface area contributed by atoms with E-state index in [1.807, 2.05) is 0 Å². The van der Waals surface area contributed by atoms with Gasteiger partial charge in [0, 0.05) is 3.92 Å². The monoisotopic (exact) mass is 436 g/mol. The maximum absolute atomic E-state index is 11.0. The minimum absolute atomic E-state index is 0.135. The molecule has 1 nitrogen and oxygen atoms in total. The van der Waals surface area contributed by atoms with Gasteiger partial charge < -0.3 is 5.11 Å². The summed E-state index contributed by atoms with van der Waals surface area (Å²) < 4.78 is 0.851. The first-order chi connectivity index (χ1) is 10.5. The third-order valence-electron chi connectivity index (χ3n) is 5.96. The van der Waals surface area contributed by atoms with E-state index < -0.39 is 0 Å². The van der Waals surface area contributed by atoms with Gasteiger partial charge in [-0.25, -0.2) is 0 Å². The van der Waals surface area contributed by atoms with Crippen LogP contribution in [0.2, 0.25) is 0 Å². The van der Waals surface area contributed by atoms with Crippen molar-refractivity contribution in [2.75, 3.05) is 0 Å². The molecule has 1 saturated carbocycles. The van der Waals surface area contributed by atoms with E-state index in [9.17, 15) is 5.11 Å². The van der Waals surface area contributed by atoms with Gasteiger partial charge in [0.15, 0.2) is 0 Å². The van der Waals surface area contributed by atoms with Gasteiger partial charge in [-0.2, -0.15) is 0 Å². The second-order valence-electron chi connectivity index (χ2n) is 10.1. The lowest BCUT2D eigenvalue weighted by molar-refractivity contribution is -0.0847. The van der Waals surface area contributed by atoms with Crippen molar-refractivity contribution >= 4 is 22.6 Å². The number of hydrogen-bond acceptors (Lipinski definition) is 1. The Hall–Kier alpha value is 0.690. The average Bonchev–Trinajstić information content (AvgIpc) is 2.38. The van der Waals surface area contributed by atoms with E-state index in [0.717, 1.165) is 9.84 Å². The van der Waals surface area contributed by atoms with Crippen LogP contribution in [-0.2, 0) is 0 Å². The first kappa shape index (κ1) is 21.7. The van der Waals surface area contributed by atoms with Crippen LogP contribution in [0.3, 0.4) is 0 Å². The van der Waals surface area contributed by atoms with Gasteiger partial charge in [0.05, 0.1) is 6.10 Å². The van der Waals surface area contributed by atoms with E-state index in [-0.39, 0.29) is 16.9 Å². The Morgan fingerprint density at radius 2 is 1.43 bits per heavy atom. The molecule has 1 N–H and O–H groups in total. The normalized spacial score (nSPS) is 31.2. The molecule has 0 aliphatic heterocycles. The molecular formula is C21H41IO. The molecule has 0 amide bonds. The molecule has 1 rings (SSSR count). The molecule has 1 fully saturated rings. The number of hydrogen-bond donors (Lipinski definition) is 1. The molecule has 23 heavy (non-hydrogen) atoms. The van der Waals surface area contributed by atoms with Crippen molar-refractivity contribution in [3.63, 3.8) is 0 Å². The number of aliphatic hydroxyl groups excluding tert-OH is 1. The van der Waals surface area contributed by atoms with Crippen LogP contribution < -0.4 is 0 Å². The predicted molar refractivity (Wildman–Crippen MR) is 111 cm³/mol. The third-order valence-corrected chi connectivity index (χ3v) is 7.20. The molecule has 0 aromatic heterocycles. The molecule has 0 spiro atoms. The van der Waals surface area contributed by atoms with Gasteiger partial charge in [-0.3, -0.25) is 0 Å². The van der Waals surface area contributed by atoms with Crippen LogP contribution in [0, 0.1) is 28.6 Å². The highest BCUT2D eigenvalue weighted by Crippen LogP contribution is 2.49. The van der Waals surface area contributed by atoms with E-state index in [2.05, 4.69) is 71.1 Å². The molecule has 1 aliphatic carbocycles. The largest absolute Gasteiger partial charge is 0.393 e. The summed E-state index contributed by atoms with van der Waals surface area (Å²) in [6.45, 7) is 16.2. The summed E-state index contributed by atoms with van der Waals surface area (Å²) in [5.74, 6) is 1.69. The Kier molecular flexibility index (Phi) is 8.38. The van der Waals surface area contributed by atoms with E-state index in [4.69, 9.17) is 0 Å². The van der Waals surface area contributed by atoms with Crippen LogP contribution in [0.5, 0.6) is 0 Å². The Morgan fingerprint density at radius 1 is 0.957 bits per heavy atom. The summed E-state index contributed by atoms with van der Waals surface area (Å²) in [6, 6.07) is 0. The molecule has 0 radical (unpaired) electrons. The molecule has 0 saturated heterocycles. The quantitative estimate of drug-likeness (QED) is 0.356. The molecule has 3 atom stereocenters. The number of halogens is 1. The Morgan fingerprint density at radius 3 is 1.83 bits per heavy atom. The smallest absolute Gasteiger partial charge is 0.0606 e. The van der Waals surface area contributed by atoms with Crippen LogP contribution in [0.25, 0.3) is 0 Å². The summed E-state index contributed by atoms with van der Waals surface area (Å²) in [7, 11) is 0. The lowest BCUT2D eigenvalue weighted by Crippen LogP contribution is -2.47. The van der Waals surface area contributed by atoms with Crippen molar-refractivity contribution in [3.05, 3.63) is 0 Å². The first-order valence-corrected chi connectivity index (χ1v) is 11.0. The van der Waals surface area contributed by atoms with E-state index in [1.165, 1.54) is 44.9 Å². The van der Waals surface area contributed by atoms with Crippen LogP contribution in [0.15, 0.2) is 0 Å². The zero-order valence-electron chi connectivity index (χ0n) is 16.7. The van der Waals surface area contributed by atoms with Gasteiger partial charge in [0.1, 0.15) is 0 Å². The molecular weight excluding hydrogens is 395 g/mol. The van der Waals surface area contributed by atoms with Gasteiger partial charge in [-0.15, -0.1) is 0 Å².